The Kier molecular flexibility index (Phi) is 1.07. The fourth-order valence-corrected chi connectivity index (χ4v) is 0.875. The van der Waals surface area contributed by atoms with Gasteiger partial charge < -0.3 is 4.98 Å². The van der Waals surface area contributed by atoms with Crippen molar-refractivity contribution in [3.8, 4) is 5.82 Å². The number of H-pyrrole nitrogens is 1. The maximum atomic E-state index is 4.04. The van der Waals surface area contributed by atoms with Crippen LogP contribution in [0.15, 0.2) is 36.8 Å². The highest BCUT2D eigenvalue weighted by atomic mass is 15.3. The first-order valence-corrected chi connectivity index (χ1v) is 3.10. The Balaban J connectivity index is 2.48. The Hall–Kier alpha value is -1.51. The molecule has 2 heterocycles. The molecule has 1 N–H and O–H groups in total. The lowest BCUT2D eigenvalue weighted by molar-refractivity contribution is 0.855. The molecule has 0 unspecified atom stereocenters. The van der Waals surface area contributed by atoms with E-state index in [2.05, 4.69) is 10.1 Å². The lowest BCUT2D eigenvalue weighted by Gasteiger charge is -1.92. The average Bonchev–Trinajstić information content (AvgIpc) is 2.59. The van der Waals surface area contributed by atoms with Crippen molar-refractivity contribution in [1.29, 1.82) is 0 Å². The molecule has 0 saturated carbocycles. The van der Waals surface area contributed by atoms with Crippen molar-refractivity contribution >= 4 is 0 Å². The van der Waals surface area contributed by atoms with Crippen molar-refractivity contribution < 1.29 is 0 Å². The monoisotopic (exact) mass is 133 g/mol. The quantitative estimate of drug-likeness (QED) is 0.623. The fourth-order valence-electron chi connectivity index (χ4n) is 0.875. The zero-order chi connectivity index (χ0) is 6.81. The molecule has 0 aliphatic rings. The van der Waals surface area contributed by atoms with Gasteiger partial charge in [-0.15, -0.1) is 0 Å². The van der Waals surface area contributed by atoms with E-state index < -0.39 is 0 Å². The molecule has 50 valence electrons. The van der Waals surface area contributed by atoms with E-state index >= 15 is 0 Å². The topological polar surface area (TPSA) is 33.6 Å². The number of nitrogens with one attached hydrogen (secondary N) is 1. The molecule has 0 saturated heterocycles. The van der Waals surface area contributed by atoms with Gasteiger partial charge in [0.25, 0.3) is 0 Å². The summed E-state index contributed by atoms with van der Waals surface area (Å²) in [5.74, 6) is 0.991. The van der Waals surface area contributed by atoms with Crippen LogP contribution in [-0.4, -0.2) is 14.8 Å². The van der Waals surface area contributed by atoms with Gasteiger partial charge in [-0.05, 0) is 18.2 Å². The second-order valence-corrected chi connectivity index (χ2v) is 2.01. The van der Waals surface area contributed by atoms with Crippen LogP contribution in [0.4, 0.5) is 0 Å². The normalized spacial score (nSPS) is 10.0. The lowest BCUT2D eigenvalue weighted by Crippen LogP contribution is -1.92. The van der Waals surface area contributed by atoms with Gasteiger partial charge in [0.15, 0.2) is 0 Å². The van der Waals surface area contributed by atoms with Gasteiger partial charge in [-0.1, -0.05) is 0 Å². The second-order valence-electron chi connectivity index (χ2n) is 2.01. The van der Waals surface area contributed by atoms with E-state index in [4.69, 9.17) is 0 Å². The van der Waals surface area contributed by atoms with Crippen LogP contribution < -0.4 is 0 Å². The molecule has 0 aliphatic carbocycles. The Labute approximate surface area is 58.3 Å². The van der Waals surface area contributed by atoms with Gasteiger partial charge >= 0.3 is 0 Å². The first kappa shape index (κ1) is 5.29. The molecule has 2 rings (SSSR count). The predicted molar refractivity (Wildman–Crippen MR) is 37.9 cm³/mol. The lowest BCUT2D eigenvalue weighted by atomic mass is 10.6. The molecular weight excluding hydrogens is 126 g/mol. The maximum Gasteiger partial charge on any atom is 0.131 e. The largest absolute Gasteiger partial charge is 0.347 e. The van der Waals surface area contributed by atoms with Crippen molar-refractivity contribution in [2.24, 2.45) is 0 Å². The van der Waals surface area contributed by atoms with Crippen molar-refractivity contribution in [3.05, 3.63) is 36.8 Å². The van der Waals surface area contributed by atoms with Gasteiger partial charge in [-0.25, -0.2) is 4.68 Å². The molecule has 3 heteroatoms. The van der Waals surface area contributed by atoms with E-state index in [9.17, 15) is 0 Å². The van der Waals surface area contributed by atoms with Gasteiger partial charge in [0.05, 0.1) is 0 Å². The highest BCUT2D eigenvalue weighted by Gasteiger charge is 1.91. The third-order valence-corrected chi connectivity index (χ3v) is 1.33. The number of hydrogen-bond donors (Lipinski definition) is 1. The van der Waals surface area contributed by atoms with E-state index in [-0.39, 0.29) is 0 Å². The number of aromatic amines is 1. The fraction of sp³-hybridized carbons (Fsp3) is 0. The Morgan fingerprint density at radius 1 is 1.40 bits per heavy atom. The van der Waals surface area contributed by atoms with Crippen LogP contribution in [0.25, 0.3) is 5.82 Å². The van der Waals surface area contributed by atoms with Gasteiger partial charge in [-0.2, -0.15) is 5.10 Å². The summed E-state index contributed by atoms with van der Waals surface area (Å²) in [6.45, 7) is 0. The standard InChI is InChI=1S/C7H7N3/c1-3-7(8-4-1)10-6-2-5-9-10/h1-6,8H. The Morgan fingerprint density at radius 3 is 3.00 bits per heavy atom. The average molecular weight is 133 g/mol. The van der Waals surface area contributed by atoms with E-state index in [1.165, 1.54) is 0 Å². The SMILES string of the molecule is c1c[nH]c(-n2cccn2)c1. The number of nitrogens with zero attached hydrogens (tertiary/aromatic N) is 2. The molecule has 0 spiro atoms. The molecule has 10 heavy (non-hydrogen) atoms. The number of hydrogen-bond acceptors (Lipinski definition) is 1. The molecule has 0 atom stereocenters. The smallest absolute Gasteiger partial charge is 0.131 e. The van der Waals surface area contributed by atoms with Gasteiger partial charge in [0, 0.05) is 18.6 Å². The molecule has 3 nitrogen and oxygen atoms in total. The Bertz CT molecular complexity index is 248. The van der Waals surface area contributed by atoms with E-state index in [0.717, 1.165) is 5.82 Å². The summed E-state index contributed by atoms with van der Waals surface area (Å²) in [5.41, 5.74) is 0. The minimum Gasteiger partial charge on any atom is -0.347 e. The van der Waals surface area contributed by atoms with Gasteiger partial charge in [0.2, 0.25) is 0 Å². The van der Waals surface area contributed by atoms with Crippen LogP contribution in [-0.2, 0) is 0 Å². The molecule has 0 amide bonds. The molecule has 0 aliphatic heterocycles. The summed E-state index contributed by atoms with van der Waals surface area (Å²) in [5, 5.41) is 4.04. The summed E-state index contributed by atoms with van der Waals surface area (Å²) in [7, 11) is 0. The molecule has 2 aromatic heterocycles. The number of aromatic nitrogens is 3. The van der Waals surface area contributed by atoms with Gasteiger partial charge in [-0.3, -0.25) is 0 Å². The summed E-state index contributed by atoms with van der Waals surface area (Å²) >= 11 is 0. The predicted octanol–water partition coefficient (Wildman–Crippen LogP) is 1.20. The van der Waals surface area contributed by atoms with Crippen molar-refractivity contribution in [2.45, 2.75) is 0 Å². The van der Waals surface area contributed by atoms with Crippen molar-refractivity contribution in [3.63, 3.8) is 0 Å². The first-order chi connectivity index (χ1) is 4.97. The van der Waals surface area contributed by atoms with E-state index in [1.807, 2.05) is 30.6 Å². The summed E-state index contributed by atoms with van der Waals surface area (Å²) < 4.78 is 1.78. The van der Waals surface area contributed by atoms with Crippen molar-refractivity contribution in [2.75, 3.05) is 0 Å². The third kappa shape index (κ3) is 0.719. The molecular formula is C7H7N3. The molecule has 0 aromatic carbocycles. The van der Waals surface area contributed by atoms with E-state index in [0.29, 0.717) is 0 Å². The first-order valence-electron chi connectivity index (χ1n) is 3.10. The minimum absolute atomic E-state index is 0.991. The van der Waals surface area contributed by atoms with Gasteiger partial charge in [0.1, 0.15) is 5.82 Å². The van der Waals surface area contributed by atoms with E-state index in [1.54, 1.807) is 10.9 Å². The minimum atomic E-state index is 0.991. The van der Waals surface area contributed by atoms with Crippen LogP contribution in [0.5, 0.6) is 0 Å². The van der Waals surface area contributed by atoms with Crippen LogP contribution in [0.3, 0.4) is 0 Å². The third-order valence-electron chi connectivity index (χ3n) is 1.33. The highest BCUT2D eigenvalue weighted by Crippen LogP contribution is 1.99. The summed E-state index contributed by atoms with van der Waals surface area (Å²) in [4.78, 5) is 3.04. The zero-order valence-electron chi connectivity index (χ0n) is 5.36. The second kappa shape index (κ2) is 2.02. The Morgan fingerprint density at radius 2 is 2.40 bits per heavy atom. The number of rotatable bonds is 1. The van der Waals surface area contributed by atoms with Crippen LogP contribution in [0.1, 0.15) is 0 Å². The van der Waals surface area contributed by atoms with Crippen LogP contribution >= 0.6 is 0 Å². The van der Waals surface area contributed by atoms with Crippen LogP contribution in [0, 0.1) is 0 Å². The van der Waals surface area contributed by atoms with Crippen molar-refractivity contribution in [1.82, 2.24) is 14.8 Å². The molecule has 0 radical (unpaired) electrons. The summed E-state index contributed by atoms with van der Waals surface area (Å²) in [6.07, 6.45) is 5.52. The van der Waals surface area contributed by atoms with Crippen LogP contribution in [0.2, 0.25) is 0 Å². The zero-order valence-corrected chi connectivity index (χ0v) is 5.36. The molecule has 0 fully saturated rings. The highest BCUT2D eigenvalue weighted by molar-refractivity contribution is 5.20. The molecule has 2 aromatic rings. The molecule has 0 bridgehead atoms. The maximum absolute atomic E-state index is 4.04. The summed E-state index contributed by atoms with van der Waals surface area (Å²) in [6, 6.07) is 5.80.